The van der Waals surface area contributed by atoms with Crippen LogP contribution in [-0.2, 0) is 11.2 Å². The molecule has 106 valence electrons. The summed E-state index contributed by atoms with van der Waals surface area (Å²) in [5, 5.41) is 8.34. The molecular formula is C12H12Cl2F2O3. The van der Waals surface area contributed by atoms with E-state index in [-0.39, 0.29) is 22.2 Å². The van der Waals surface area contributed by atoms with Crippen LogP contribution in [0.2, 0.25) is 10.0 Å². The van der Waals surface area contributed by atoms with Gasteiger partial charge >= 0.3 is 12.1 Å². The number of hydrogen-bond donors (Lipinski definition) is 1. The third kappa shape index (κ3) is 4.21. The lowest BCUT2D eigenvalue weighted by molar-refractivity contribution is -0.207. The molecule has 0 aliphatic carbocycles. The topological polar surface area (TPSA) is 46.5 Å². The minimum atomic E-state index is -3.42. The highest BCUT2D eigenvalue weighted by Gasteiger charge is 2.37. The second kappa shape index (κ2) is 5.92. The molecule has 0 unspecified atom stereocenters. The van der Waals surface area contributed by atoms with Crippen molar-refractivity contribution in [2.75, 3.05) is 0 Å². The van der Waals surface area contributed by atoms with Crippen LogP contribution in [0.15, 0.2) is 12.1 Å². The van der Waals surface area contributed by atoms with E-state index < -0.39 is 18.0 Å². The summed E-state index contributed by atoms with van der Waals surface area (Å²) >= 11 is 11.6. The van der Waals surface area contributed by atoms with Gasteiger partial charge in [-0.15, -0.1) is 0 Å². The molecule has 0 bridgehead atoms. The first-order chi connectivity index (χ1) is 8.63. The monoisotopic (exact) mass is 312 g/mol. The van der Waals surface area contributed by atoms with E-state index in [4.69, 9.17) is 28.3 Å². The Kier molecular flexibility index (Phi) is 4.98. The molecule has 0 spiro atoms. The predicted molar refractivity (Wildman–Crippen MR) is 68.2 cm³/mol. The van der Waals surface area contributed by atoms with Crippen LogP contribution in [-0.4, -0.2) is 17.2 Å². The maximum Gasteiger partial charge on any atom is 0.400 e. The van der Waals surface area contributed by atoms with E-state index in [1.54, 1.807) is 0 Å². The van der Waals surface area contributed by atoms with Gasteiger partial charge in [0.15, 0.2) is 5.75 Å². The Bertz CT molecular complexity index is 467. The van der Waals surface area contributed by atoms with Crippen molar-refractivity contribution < 1.29 is 23.4 Å². The second-order valence-electron chi connectivity index (χ2n) is 4.28. The molecule has 1 aromatic carbocycles. The van der Waals surface area contributed by atoms with Gasteiger partial charge in [0.05, 0.1) is 22.4 Å². The fourth-order valence-electron chi connectivity index (χ4n) is 1.24. The van der Waals surface area contributed by atoms with Crippen molar-refractivity contribution in [1.29, 1.82) is 0 Å². The Labute approximate surface area is 119 Å². The Morgan fingerprint density at radius 1 is 1.37 bits per heavy atom. The molecule has 0 aliphatic heterocycles. The third-order valence-corrected chi connectivity index (χ3v) is 2.89. The summed E-state index contributed by atoms with van der Waals surface area (Å²) in [6.07, 6.45) is -3.72. The minimum Gasteiger partial charge on any atom is -0.481 e. The van der Waals surface area contributed by atoms with Crippen molar-refractivity contribution in [2.24, 2.45) is 5.92 Å². The summed E-state index contributed by atoms with van der Waals surface area (Å²) < 4.78 is 31.5. The van der Waals surface area contributed by atoms with Crippen LogP contribution in [0.1, 0.15) is 19.4 Å². The standard InChI is InChI=1S/C12H12Cl2F2O3/c1-6(2)12(15,16)19-11-8(13)3-7(4-9(11)14)5-10(17)18/h3-4,6H,5H2,1-2H3,(H,17,18). The normalized spacial score (nSPS) is 11.7. The molecule has 0 aliphatic rings. The lowest BCUT2D eigenvalue weighted by Crippen LogP contribution is -2.31. The number of carboxylic acids is 1. The van der Waals surface area contributed by atoms with Crippen molar-refractivity contribution in [2.45, 2.75) is 26.4 Å². The molecule has 0 saturated heterocycles. The Balaban J connectivity index is 3.07. The first-order valence-electron chi connectivity index (χ1n) is 5.40. The van der Waals surface area contributed by atoms with Gasteiger partial charge in [-0.05, 0) is 17.7 Å². The number of alkyl halides is 2. The van der Waals surface area contributed by atoms with Gasteiger partial charge in [0.2, 0.25) is 0 Å². The zero-order chi connectivity index (χ0) is 14.8. The SMILES string of the molecule is CC(C)C(F)(F)Oc1c(Cl)cc(CC(=O)O)cc1Cl. The van der Waals surface area contributed by atoms with Crippen LogP contribution < -0.4 is 4.74 Å². The number of aliphatic carboxylic acids is 1. The molecule has 0 aromatic heterocycles. The lowest BCUT2D eigenvalue weighted by atomic mass is 10.1. The van der Waals surface area contributed by atoms with Crippen molar-refractivity contribution in [1.82, 2.24) is 0 Å². The summed E-state index contributed by atoms with van der Waals surface area (Å²) in [6.45, 7) is 2.58. The summed E-state index contributed by atoms with van der Waals surface area (Å²) in [7, 11) is 0. The van der Waals surface area contributed by atoms with Crippen LogP contribution in [0.5, 0.6) is 5.75 Å². The smallest absolute Gasteiger partial charge is 0.400 e. The quantitative estimate of drug-likeness (QED) is 0.884. The Morgan fingerprint density at radius 2 is 1.84 bits per heavy atom. The van der Waals surface area contributed by atoms with Gasteiger partial charge in [-0.25, -0.2) is 0 Å². The summed E-state index contributed by atoms with van der Waals surface area (Å²) in [5.41, 5.74) is 0.308. The van der Waals surface area contributed by atoms with E-state index >= 15 is 0 Å². The highest BCUT2D eigenvalue weighted by molar-refractivity contribution is 6.37. The second-order valence-corrected chi connectivity index (χ2v) is 5.09. The molecule has 0 amide bonds. The number of carbonyl (C=O) groups is 1. The number of carboxylic acid groups (broad SMARTS) is 1. The number of benzene rings is 1. The van der Waals surface area contributed by atoms with E-state index in [2.05, 4.69) is 4.74 Å². The maximum absolute atomic E-state index is 13.5. The molecule has 0 atom stereocenters. The zero-order valence-corrected chi connectivity index (χ0v) is 11.7. The lowest BCUT2D eigenvalue weighted by Gasteiger charge is -2.22. The fourth-order valence-corrected chi connectivity index (χ4v) is 1.85. The number of rotatable bonds is 5. The van der Waals surface area contributed by atoms with Crippen LogP contribution in [0.4, 0.5) is 8.78 Å². The molecule has 0 heterocycles. The van der Waals surface area contributed by atoms with E-state index in [9.17, 15) is 13.6 Å². The van der Waals surface area contributed by atoms with Gasteiger partial charge in [-0.1, -0.05) is 37.0 Å². The molecule has 1 aromatic rings. The molecule has 19 heavy (non-hydrogen) atoms. The van der Waals surface area contributed by atoms with Crippen molar-refractivity contribution in [3.05, 3.63) is 27.7 Å². The average Bonchev–Trinajstić information content (AvgIpc) is 2.22. The highest BCUT2D eigenvalue weighted by atomic mass is 35.5. The predicted octanol–water partition coefficient (Wildman–Crippen LogP) is 4.25. The largest absolute Gasteiger partial charge is 0.481 e. The van der Waals surface area contributed by atoms with Crippen LogP contribution >= 0.6 is 23.2 Å². The average molecular weight is 313 g/mol. The van der Waals surface area contributed by atoms with Gasteiger partial charge < -0.3 is 9.84 Å². The minimum absolute atomic E-state index is 0.149. The number of hydrogen-bond acceptors (Lipinski definition) is 2. The summed E-state index contributed by atoms with van der Waals surface area (Å²) in [5.74, 6) is -2.48. The highest BCUT2D eigenvalue weighted by Crippen LogP contribution is 2.39. The molecule has 1 N–H and O–H groups in total. The number of ether oxygens (including phenoxy) is 1. The maximum atomic E-state index is 13.5. The molecular weight excluding hydrogens is 301 g/mol. The van der Waals surface area contributed by atoms with E-state index in [0.29, 0.717) is 5.56 Å². The van der Waals surface area contributed by atoms with Crippen LogP contribution in [0.3, 0.4) is 0 Å². The molecule has 0 saturated carbocycles. The van der Waals surface area contributed by atoms with E-state index in [0.717, 1.165) is 0 Å². The van der Waals surface area contributed by atoms with E-state index in [1.165, 1.54) is 26.0 Å². The molecule has 3 nitrogen and oxygen atoms in total. The Morgan fingerprint density at radius 3 is 2.21 bits per heavy atom. The molecule has 0 fully saturated rings. The van der Waals surface area contributed by atoms with Gasteiger partial charge in [-0.3, -0.25) is 4.79 Å². The summed E-state index contributed by atoms with van der Waals surface area (Å²) in [6, 6.07) is 2.49. The summed E-state index contributed by atoms with van der Waals surface area (Å²) in [4.78, 5) is 10.6. The first-order valence-corrected chi connectivity index (χ1v) is 6.15. The van der Waals surface area contributed by atoms with Gasteiger partial charge in [0.25, 0.3) is 0 Å². The van der Waals surface area contributed by atoms with Crippen LogP contribution in [0.25, 0.3) is 0 Å². The molecule has 7 heteroatoms. The van der Waals surface area contributed by atoms with Crippen molar-refractivity contribution in [3.63, 3.8) is 0 Å². The first kappa shape index (κ1) is 16.0. The van der Waals surface area contributed by atoms with Gasteiger partial charge in [-0.2, -0.15) is 8.78 Å². The molecule has 0 radical (unpaired) electrons. The van der Waals surface area contributed by atoms with Gasteiger partial charge in [0, 0.05) is 0 Å². The third-order valence-electron chi connectivity index (χ3n) is 2.32. The Hall–Kier alpha value is -1.07. The number of halogens is 4. The van der Waals surface area contributed by atoms with E-state index in [1.807, 2.05) is 0 Å². The molecule has 1 rings (SSSR count). The zero-order valence-electron chi connectivity index (χ0n) is 10.2. The van der Waals surface area contributed by atoms with Gasteiger partial charge in [0.1, 0.15) is 0 Å². The van der Waals surface area contributed by atoms with Crippen molar-refractivity contribution in [3.8, 4) is 5.75 Å². The van der Waals surface area contributed by atoms with Crippen LogP contribution in [0, 0.1) is 5.92 Å². The fraction of sp³-hybridized carbons (Fsp3) is 0.417. The van der Waals surface area contributed by atoms with Crippen molar-refractivity contribution >= 4 is 29.2 Å².